The molecule has 2 aliphatic rings. The van der Waals surface area contributed by atoms with Gasteiger partial charge in [0.25, 0.3) is 5.91 Å². The van der Waals surface area contributed by atoms with Gasteiger partial charge in [0, 0.05) is 24.8 Å². The molecular formula is C22H27N3O3S. The van der Waals surface area contributed by atoms with Crippen molar-refractivity contribution in [2.45, 2.75) is 38.1 Å². The van der Waals surface area contributed by atoms with Crippen molar-refractivity contribution in [2.24, 2.45) is 0 Å². The molecular weight excluding hydrogens is 386 g/mol. The first-order valence-corrected chi connectivity index (χ1v) is 11.2. The third-order valence-corrected chi connectivity index (χ3v) is 6.81. The molecule has 0 saturated carbocycles. The molecule has 2 saturated heterocycles. The van der Waals surface area contributed by atoms with Gasteiger partial charge in [0.05, 0.1) is 16.1 Å². The molecule has 29 heavy (non-hydrogen) atoms. The number of nitrogens with zero attached hydrogens (tertiary/aromatic N) is 2. The fraction of sp³-hybridized carbons (Fsp3) is 0.455. The number of rotatable bonds is 5. The van der Waals surface area contributed by atoms with Gasteiger partial charge in [0.2, 0.25) is 0 Å². The number of hydrogen-bond acceptors (Lipinski definition) is 5. The minimum Gasteiger partial charge on any atom is -0.478 e. The second kappa shape index (κ2) is 8.97. The van der Waals surface area contributed by atoms with Crippen LogP contribution in [0.4, 0.5) is 11.4 Å². The fourth-order valence-corrected chi connectivity index (χ4v) is 5.04. The number of thiophene rings is 1. The lowest BCUT2D eigenvalue weighted by molar-refractivity contribution is 0.0697. The van der Waals surface area contributed by atoms with Crippen LogP contribution in [0.1, 0.15) is 52.1 Å². The Morgan fingerprint density at radius 1 is 1.03 bits per heavy atom. The lowest BCUT2D eigenvalue weighted by Crippen LogP contribution is -2.47. The highest BCUT2D eigenvalue weighted by Gasteiger charge is 2.27. The molecule has 0 aliphatic carbocycles. The monoisotopic (exact) mass is 413 g/mol. The Morgan fingerprint density at radius 3 is 2.45 bits per heavy atom. The first kappa shape index (κ1) is 19.9. The Hall–Kier alpha value is -2.38. The molecule has 2 N–H and O–H groups in total. The van der Waals surface area contributed by atoms with Crippen LogP contribution in [0.5, 0.6) is 0 Å². The van der Waals surface area contributed by atoms with Gasteiger partial charge in [-0.2, -0.15) is 0 Å². The van der Waals surface area contributed by atoms with Crippen molar-refractivity contribution in [3.05, 3.63) is 46.2 Å². The Morgan fingerprint density at radius 2 is 1.79 bits per heavy atom. The largest absolute Gasteiger partial charge is 0.478 e. The van der Waals surface area contributed by atoms with Gasteiger partial charge in [0.1, 0.15) is 0 Å². The highest BCUT2D eigenvalue weighted by molar-refractivity contribution is 7.12. The number of carbonyl (C=O) groups is 2. The Bertz CT molecular complexity index is 854. The van der Waals surface area contributed by atoms with Crippen molar-refractivity contribution < 1.29 is 14.7 Å². The average molecular weight is 414 g/mol. The molecule has 1 amide bonds. The summed E-state index contributed by atoms with van der Waals surface area (Å²) in [6.07, 6.45) is 6.06. The Kier molecular flexibility index (Phi) is 6.16. The van der Waals surface area contributed by atoms with Crippen LogP contribution < -0.4 is 10.2 Å². The maximum atomic E-state index is 12.3. The molecule has 2 aliphatic heterocycles. The van der Waals surface area contributed by atoms with E-state index in [0.717, 1.165) is 31.6 Å². The van der Waals surface area contributed by atoms with Gasteiger partial charge in [-0.3, -0.25) is 4.79 Å². The second-order valence-electron chi connectivity index (χ2n) is 7.78. The number of nitrogens with one attached hydrogen (secondary N) is 1. The summed E-state index contributed by atoms with van der Waals surface area (Å²) in [5.74, 6) is -1.18. The molecule has 0 radical (unpaired) electrons. The van der Waals surface area contributed by atoms with Crippen molar-refractivity contribution in [3.63, 3.8) is 0 Å². The summed E-state index contributed by atoms with van der Waals surface area (Å²) in [7, 11) is 0. The smallest absolute Gasteiger partial charge is 0.337 e. The van der Waals surface area contributed by atoms with E-state index >= 15 is 0 Å². The number of benzene rings is 1. The van der Waals surface area contributed by atoms with E-state index in [1.165, 1.54) is 43.7 Å². The summed E-state index contributed by atoms with van der Waals surface area (Å²) < 4.78 is 0. The lowest BCUT2D eigenvalue weighted by Gasteiger charge is -2.41. The van der Waals surface area contributed by atoms with Crippen LogP contribution in [0.2, 0.25) is 0 Å². The number of carboxylic acids is 1. The SMILES string of the molecule is O=C(Nc1ccc(N2CCC(N3CCCCC3)CC2)c(C(=O)O)c1)c1cccs1. The number of aromatic carboxylic acids is 1. The minimum atomic E-state index is -0.967. The quantitative estimate of drug-likeness (QED) is 0.770. The summed E-state index contributed by atoms with van der Waals surface area (Å²) in [6.45, 7) is 4.12. The van der Waals surface area contributed by atoms with Crippen molar-refractivity contribution in [2.75, 3.05) is 36.4 Å². The number of hydrogen-bond donors (Lipinski definition) is 2. The van der Waals surface area contributed by atoms with E-state index in [1.54, 1.807) is 18.2 Å². The van der Waals surface area contributed by atoms with Gasteiger partial charge in [-0.1, -0.05) is 12.5 Å². The van der Waals surface area contributed by atoms with Crippen LogP contribution in [0.25, 0.3) is 0 Å². The molecule has 0 atom stereocenters. The Labute approximate surface area is 175 Å². The maximum Gasteiger partial charge on any atom is 0.337 e. The van der Waals surface area contributed by atoms with E-state index in [4.69, 9.17) is 0 Å². The number of anilines is 2. The van der Waals surface area contributed by atoms with Gasteiger partial charge in [-0.15, -0.1) is 11.3 Å². The topological polar surface area (TPSA) is 72.9 Å². The first-order chi connectivity index (χ1) is 14.1. The Balaban J connectivity index is 1.44. The average Bonchev–Trinajstić information content (AvgIpc) is 3.30. The number of likely N-dealkylation sites (tertiary alicyclic amines) is 1. The van der Waals surface area contributed by atoms with Gasteiger partial charge < -0.3 is 20.2 Å². The van der Waals surface area contributed by atoms with Crippen molar-refractivity contribution in [1.82, 2.24) is 4.90 Å². The number of piperidine rings is 2. The van der Waals surface area contributed by atoms with Crippen LogP contribution in [0.15, 0.2) is 35.7 Å². The zero-order chi connectivity index (χ0) is 20.2. The van der Waals surface area contributed by atoms with Gasteiger partial charge in [0.15, 0.2) is 0 Å². The van der Waals surface area contributed by atoms with Gasteiger partial charge in [-0.25, -0.2) is 4.79 Å². The summed E-state index contributed by atoms with van der Waals surface area (Å²) in [5, 5.41) is 14.4. The van der Waals surface area contributed by atoms with E-state index in [-0.39, 0.29) is 11.5 Å². The van der Waals surface area contributed by atoms with E-state index in [0.29, 0.717) is 16.6 Å². The van der Waals surface area contributed by atoms with Crippen LogP contribution >= 0.6 is 11.3 Å². The highest BCUT2D eigenvalue weighted by atomic mass is 32.1. The lowest BCUT2D eigenvalue weighted by atomic mass is 9.98. The van der Waals surface area contributed by atoms with Gasteiger partial charge >= 0.3 is 5.97 Å². The van der Waals surface area contributed by atoms with E-state index in [2.05, 4.69) is 15.1 Å². The van der Waals surface area contributed by atoms with E-state index < -0.39 is 5.97 Å². The zero-order valence-corrected chi connectivity index (χ0v) is 17.3. The number of amides is 1. The van der Waals surface area contributed by atoms with E-state index in [9.17, 15) is 14.7 Å². The number of carbonyl (C=O) groups excluding carboxylic acids is 1. The third kappa shape index (κ3) is 4.62. The van der Waals surface area contributed by atoms with Crippen molar-refractivity contribution >= 4 is 34.6 Å². The first-order valence-electron chi connectivity index (χ1n) is 10.3. The molecule has 154 valence electrons. The van der Waals surface area contributed by atoms with Crippen LogP contribution in [0, 0.1) is 0 Å². The molecule has 0 bridgehead atoms. The standard InChI is InChI=1S/C22H27N3O3S/c26-21(20-5-4-14-29-20)23-16-6-7-19(18(15-16)22(27)28)25-12-8-17(9-13-25)24-10-2-1-3-11-24/h4-7,14-15,17H,1-3,8-13H2,(H,23,26)(H,27,28). The summed E-state index contributed by atoms with van der Waals surface area (Å²) in [6, 6.07) is 9.38. The molecule has 1 aromatic heterocycles. The third-order valence-electron chi connectivity index (χ3n) is 5.94. The predicted molar refractivity (Wildman–Crippen MR) is 116 cm³/mol. The fourth-order valence-electron chi connectivity index (χ4n) is 4.42. The molecule has 2 fully saturated rings. The number of carboxylic acid groups (broad SMARTS) is 1. The van der Waals surface area contributed by atoms with Crippen molar-refractivity contribution in [3.8, 4) is 0 Å². The highest BCUT2D eigenvalue weighted by Crippen LogP contribution is 2.29. The maximum absolute atomic E-state index is 12.3. The van der Waals surface area contributed by atoms with Crippen molar-refractivity contribution in [1.29, 1.82) is 0 Å². The summed E-state index contributed by atoms with van der Waals surface area (Å²) >= 11 is 1.36. The molecule has 6 nitrogen and oxygen atoms in total. The molecule has 4 rings (SSSR count). The normalized spacial score (nSPS) is 18.6. The van der Waals surface area contributed by atoms with Crippen LogP contribution in [0.3, 0.4) is 0 Å². The molecule has 7 heteroatoms. The predicted octanol–water partition coefficient (Wildman–Crippen LogP) is 4.15. The molecule has 2 aromatic rings. The molecule has 1 aromatic carbocycles. The molecule has 0 unspecified atom stereocenters. The second-order valence-corrected chi connectivity index (χ2v) is 8.73. The summed E-state index contributed by atoms with van der Waals surface area (Å²) in [5.41, 5.74) is 1.49. The zero-order valence-electron chi connectivity index (χ0n) is 16.5. The van der Waals surface area contributed by atoms with Gasteiger partial charge in [-0.05, 0) is 68.4 Å². The minimum absolute atomic E-state index is 0.216. The van der Waals surface area contributed by atoms with Crippen LogP contribution in [-0.2, 0) is 0 Å². The summed E-state index contributed by atoms with van der Waals surface area (Å²) in [4.78, 5) is 29.6. The van der Waals surface area contributed by atoms with E-state index in [1.807, 2.05) is 17.5 Å². The molecule has 0 spiro atoms. The van der Waals surface area contributed by atoms with Crippen LogP contribution in [-0.4, -0.2) is 54.1 Å². The molecule has 3 heterocycles.